The topological polar surface area (TPSA) is 112 Å². The van der Waals surface area contributed by atoms with Gasteiger partial charge < -0.3 is 11.6 Å². The fourth-order valence-electron chi connectivity index (χ4n) is 1.97. The molecule has 3 radical (unpaired) electrons. The number of nitrogen functional groups attached to an aromatic ring is 1. The quantitative estimate of drug-likeness (QED) is 0.290. The maximum Gasteiger partial charge on any atom is 0.161 e. The van der Waals surface area contributed by atoms with Gasteiger partial charge in [0, 0.05) is 22.8 Å². The van der Waals surface area contributed by atoms with Crippen LogP contribution in [-0.4, -0.2) is 11.5 Å². The van der Waals surface area contributed by atoms with Crippen LogP contribution in [0.5, 0.6) is 0 Å². The van der Waals surface area contributed by atoms with Gasteiger partial charge in [0.25, 0.3) is 0 Å². The third kappa shape index (κ3) is 2.84. The summed E-state index contributed by atoms with van der Waals surface area (Å²) in [6, 6.07) is 14.8. The minimum absolute atomic E-state index is 0. The molecule has 0 unspecified atom stereocenters. The van der Waals surface area contributed by atoms with Crippen LogP contribution in [0.25, 0.3) is 0 Å². The summed E-state index contributed by atoms with van der Waals surface area (Å²) in [5.41, 5.74) is 9.02. The first-order valence-corrected chi connectivity index (χ1v) is 5.88. The van der Waals surface area contributed by atoms with Crippen LogP contribution >= 0.6 is 0 Å². The van der Waals surface area contributed by atoms with E-state index in [1.54, 1.807) is 18.2 Å². The number of hydrogen-bond acceptors (Lipinski definition) is 4. The van der Waals surface area contributed by atoms with Gasteiger partial charge in [-0.15, -0.1) is 0 Å². The first kappa shape index (κ1) is 15.4. The second kappa shape index (κ2) is 6.49. The van der Waals surface area contributed by atoms with E-state index in [4.69, 9.17) is 11.6 Å². The highest BCUT2D eigenvalue weighted by molar-refractivity contribution is 6.17. The Kier molecular flexibility index (Phi) is 5.00. The van der Waals surface area contributed by atoms with Crippen molar-refractivity contribution >= 4 is 17.2 Å². The van der Waals surface area contributed by atoms with Gasteiger partial charge in [-0.3, -0.25) is 4.79 Å². The van der Waals surface area contributed by atoms with Crippen molar-refractivity contribution in [1.82, 2.24) is 6.15 Å². The van der Waals surface area contributed by atoms with Crippen molar-refractivity contribution in [3.63, 3.8) is 0 Å². The zero-order chi connectivity index (χ0) is 13.8. The zero-order valence-corrected chi connectivity index (χ0v) is 11.1. The summed E-state index contributed by atoms with van der Waals surface area (Å²) in [4.78, 5) is 11.5. The largest absolute Gasteiger partial charge is 0.398 e. The highest BCUT2D eigenvalue weighted by atomic mass is 16.1. The van der Waals surface area contributed by atoms with Crippen LogP contribution in [0.15, 0.2) is 53.6 Å². The summed E-state index contributed by atoms with van der Waals surface area (Å²) in [5, 5.41) is 3.82. The van der Waals surface area contributed by atoms with Crippen molar-refractivity contribution in [1.29, 1.82) is 0 Å². The number of hydrogen-bond donors (Lipinski definition) is 2. The molecule has 0 amide bonds. The monoisotopic (exact) mass is 267 g/mol. The molecule has 0 saturated heterocycles. The first-order valence-electron chi connectivity index (χ1n) is 5.88. The lowest BCUT2D eigenvalue weighted by atomic mass is 9.97. The number of nitrogens with two attached hydrogens (primary N) is 2. The number of carbonyl (C=O) groups is 1. The Morgan fingerprint density at radius 1 is 1.00 bits per heavy atom. The van der Waals surface area contributed by atoms with E-state index in [-0.39, 0.29) is 11.9 Å². The molecule has 0 atom stereocenters. The maximum absolute atomic E-state index is 11.5. The van der Waals surface area contributed by atoms with Gasteiger partial charge in [-0.1, -0.05) is 42.5 Å². The van der Waals surface area contributed by atoms with E-state index < -0.39 is 0 Å². The van der Waals surface area contributed by atoms with E-state index in [1.165, 1.54) is 6.92 Å². The molecule has 0 aliphatic carbocycles. The number of ketones is 1. The molecule has 0 fully saturated rings. The SMILES string of the molecule is CC(=O)c1cccc(C(=NN)c2ccccc2)c1N.[N]. The first-order chi connectivity index (χ1) is 9.15. The molecule has 2 aromatic rings. The van der Waals surface area contributed by atoms with Gasteiger partial charge in [0.15, 0.2) is 5.78 Å². The molecule has 0 aliphatic heterocycles. The molecule has 4 N–H and O–H groups in total. The molecule has 0 saturated carbocycles. The molecule has 5 nitrogen and oxygen atoms in total. The zero-order valence-electron chi connectivity index (χ0n) is 11.1. The maximum atomic E-state index is 11.5. The third-order valence-electron chi connectivity index (χ3n) is 2.92. The van der Waals surface area contributed by atoms with Crippen LogP contribution in [0.3, 0.4) is 0 Å². The predicted octanol–water partition coefficient (Wildman–Crippen LogP) is 1.70. The summed E-state index contributed by atoms with van der Waals surface area (Å²) in [5.74, 6) is 5.40. The molecule has 0 aromatic heterocycles. The molecule has 5 heteroatoms. The minimum atomic E-state index is -0.0798. The fraction of sp³-hybridized carbons (Fsp3) is 0.0667. The van der Waals surface area contributed by atoms with Crippen LogP contribution in [0.1, 0.15) is 28.4 Å². The van der Waals surface area contributed by atoms with Gasteiger partial charge in [-0.25, -0.2) is 0 Å². The molecule has 2 aromatic carbocycles. The van der Waals surface area contributed by atoms with E-state index >= 15 is 0 Å². The summed E-state index contributed by atoms with van der Waals surface area (Å²) in [6.45, 7) is 1.48. The van der Waals surface area contributed by atoms with Crippen LogP contribution in [-0.2, 0) is 0 Å². The van der Waals surface area contributed by atoms with Crippen LogP contribution in [0.4, 0.5) is 5.69 Å². The predicted molar refractivity (Wildman–Crippen MR) is 79.3 cm³/mol. The standard InChI is InChI=1S/C15H15N3O.N/c1-10(19)12-8-5-9-13(14(12)16)15(18-17)11-6-3-2-4-7-11;/h2-9H,16-17H2,1H3;. The third-order valence-corrected chi connectivity index (χ3v) is 2.92. The lowest BCUT2D eigenvalue weighted by Crippen LogP contribution is -2.12. The summed E-state index contributed by atoms with van der Waals surface area (Å²) in [7, 11) is 0. The van der Waals surface area contributed by atoms with E-state index in [9.17, 15) is 4.79 Å². The highest BCUT2D eigenvalue weighted by Crippen LogP contribution is 2.21. The van der Waals surface area contributed by atoms with Gasteiger partial charge in [0.1, 0.15) is 0 Å². The van der Waals surface area contributed by atoms with Gasteiger partial charge in [0.2, 0.25) is 0 Å². The number of carbonyl (C=O) groups excluding carboxylic acids is 1. The van der Waals surface area contributed by atoms with Gasteiger partial charge in [-0.05, 0) is 13.0 Å². The van der Waals surface area contributed by atoms with E-state index in [0.29, 0.717) is 22.5 Å². The Hall–Kier alpha value is -2.66. The lowest BCUT2D eigenvalue weighted by Gasteiger charge is -2.11. The molecule has 0 heterocycles. The average molecular weight is 267 g/mol. The Morgan fingerprint density at radius 2 is 1.60 bits per heavy atom. The number of hydrazone groups is 1. The van der Waals surface area contributed by atoms with Crippen LogP contribution < -0.4 is 17.7 Å². The lowest BCUT2D eigenvalue weighted by molar-refractivity contribution is 0.101. The van der Waals surface area contributed by atoms with Crippen molar-refractivity contribution in [2.24, 2.45) is 10.9 Å². The summed E-state index contributed by atoms with van der Waals surface area (Å²) < 4.78 is 0. The Labute approximate surface area is 117 Å². The fourth-order valence-corrected chi connectivity index (χ4v) is 1.97. The van der Waals surface area contributed by atoms with Crippen molar-refractivity contribution in [3.8, 4) is 0 Å². The Balaban J connectivity index is 0.00000200. The smallest absolute Gasteiger partial charge is 0.161 e. The Bertz CT molecular complexity index is 636. The molecule has 20 heavy (non-hydrogen) atoms. The molecule has 0 spiro atoms. The van der Waals surface area contributed by atoms with Crippen molar-refractivity contribution in [2.75, 3.05) is 5.73 Å². The second-order valence-electron chi connectivity index (χ2n) is 4.17. The normalized spacial score (nSPS) is 10.8. The number of Topliss-reactive ketones (excluding diaryl/α,β-unsaturated/α-hetero) is 1. The number of anilines is 1. The van der Waals surface area contributed by atoms with E-state index in [2.05, 4.69) is 5.10 Å². The number of benzene rings is 2. The van der Waals surface area contributed by atoms with E-state index in [0.717, 1.165) is 5.56 Å². The number of nitrogens with zero attached hydrogens (tertiary/aromatic N) is 2. The summed E-state index contributed by atoms with van der Waals surface area (Å²) in [6.07, 6.45) is 0. The average Bonchev–Trinajstić information content (AvgIpc) is 2.42. The number of para-hydroxylation sites is 1. The van der Waals surface area contributed by atoms with Crippen LogP contribution in [0.2, 0.25) is 0 Å². The van der Waals surface area contributed by atoms with Crippen molar-refractivity contribution < 1.29 is 4.79 Å². The highest BCUT2D eigenvalue weighted by Gasteiger charge is 2.14. The molecule has 2 rings (SSSR count). The molecular formula is C15H15N4O. The second-order valence-corrected chi connectivity index (χ2v) is 4.17. The van der Waals surface area contributed by atoms with Gasteiger partial charge in [-0.2, -0.15) is 5.10 Å². The van der Waals surface area contributed by atoms with Gasteiger partial charge >= 0.3 is 0 Å². The van der Waals surface area contributed by atoms with Crippen LogP contribution in [0, 0.1) is 0 Å². The van der Waals surface area contributed by atoms with Gasteiger partial charge in [0.05, 0.1) is 11.4 Å². The summed E-state index contributed by atoms with van der Waals surface area (Å²) >= 11 is 0. The van der Waals surface area contributed by atoms with Crippen molar-refractivity contribution in [2.45, 2.75) is 6.92 Å². The Morgan fingerprint density at radius 3 is 2.15 bits per heavy atom. The molecule has 0 bridgehead atoms. The molecule has 101 valence electrons. The molecule has 0 aliphatic rings. The van der Waals surface area contributed by atoms with Crippen molar-refractivity contribution in [3.05, 3.63) is 65.2 Å². The molecular weight excluding hydrogens is 252 g/mol. The van der Waals surface area contributed by atoms with E-state index in [1.807, 2.05) is 30.3 Å². The number of rotatable bonds is 3. The minimum Gasteiger partial charge on any atom is -0.398 e.